The smallest absolute Gasteiger partial charge is 0.118 e. The normalized spacial score (nSPS) is 13.3. The van der Waals surface area contributed by atoms with Crippen LogP contribution < -0.4 is 25.6 Å². The first-order valence-corrected chi connectivity index (χ1v) is 12.9. The minimum atomic E-state index is 0.682. The van der Waals surface area contributed by atoms with Crippen LogP contribution in [0.5, 0.6) is 5.75 Å². The fourth-order valence-electron chi connectivity index (χ4n) is 4.35. The van der Waals surface area contributed by atoms with Crippen LogP contribution in [0, 0.1) is 6.92 Å². The van der Waals surface area contributed by atoms with E-state index in [1.807, 2.05) is 37.3 Å². The number of methoxy groups -OCH3 is 1. The highest BCUT2D eigenvalue weighted by Crippen LogP contribution is 2.28. The molecule has 3 aromatic carbocycles. The molecule has 0 atom stereocenters. The Kier molecular flexibility index (Phi) is 8.99. The fourth-order valence-corrected chi connectivity index (χ4v) is 4.62. The molecule has 37 heavy (non-hydrogen) atoms. The number of rotatable bonds is 11. The molecule has 4 rings (SSSR count). The molecule has 1 aliphatic heterocycles. The van der Waals surface area contributed by atoms with Gasteiger partial charge in [-0.15, -0.1) is 0 Å². The number of para-hydroxylation sites is 1. The van der Waals surface area contributed by atoms with Gasteiger partial charge in [-0.3, -0.25) is 0 Å². The van der Waals surface area contributed by atoms with Crippen molar-refractivity contribution in [3.8, 4) is 5.75 Å². The second kappa shape index (κ2) is 12.6. The SMILES string of the molecule is C=C(CNCc1ccc(OC)cc1)Nc1ccc(N2CCN(C(=C)Nc3c(C)cccc3Cl)CC2)cc1. The van der Waals surface area contributed by atoms with Crippen LogP contribution in [0.25, 0.3) is 0 Å². The number of aryl methyl sites for hydroxylation is 1. The third-order valence-corrected chi connectivity index (χ3v) is 6.85. The van der Waals surface area contributed by atoms with E-state index in [-0.39, 0.29) is 0 Å². The van der Waals surface area contributed by atoms with Crippen LogP contribution in [0.2, 0.25) is 5.02 Å². The maximum absolute atomic E-state index is 6.37. The first kappa shape index (κ1) is 26.5. The predicted molar refractivity (Wildman–Crippen MR) is 157 cm³/mol. The molecule has 0 bridgehead atoms. The number of hydrogen-bond donors (Lipinski definition) is 3. The fraction of sp³-hybridized carbons (Fsp3) is 0.267. The Balaban J connectivity index is 1.20. The van der Waals surface area contributed by atoms with Crippen molar-refractivity contribution in [2.24, 2.45) is 0 Å². The number of nitrogens with one attached hydrogen (secondary N) is 3. The van der Waals surface area contributed by atoms with E-state index < -0.39 is 0 Å². The molecule has 1 heterocycles. The Labute approximate surface area is 225 Å². The van der Waals surface area contributed by atoms with Crippen molar-refractivity contribution < 1.29 is 4.74 Å². The summed E-state index contributed by atoms with van der Waals surface area (Å²) in [6, 6.07) is 22.5. The Hall–Kier alpha value is -3.61. The van der Waals surface area contributed by atoms with Gasteiger partial charge in [0.25, 0.3) is 0 Å². The Morgan fingerprint density at radius 1 is 0.919 bits per heavy atom. The van der Waals surface area contributed by atoms with Gasteiger partial charge < -0.3 is 30.5 Å². The molecule has 0 spiro atoms. The Morgan fingerprint density at radius 2 is 1.62 bits per heavy atom. The van der Waals surface area contributed by atoms with Crippen molar-refractivity contribution >= 4 is 28.7 Å². The van der Waals surface area contributed by atoms with Crippen LogP contribution in [-0.2, 0) is 6.54 Å². The second-order valence-corrected chi connectivity index (χ2v) is 9.61. The molecule has 1 fully saturated rings. The summed E-state index contributed by atoms with van der Waals surface area (Å²) in [5.41, 5.74) is 6.42. The largest absolute Gasteiger partial charge is 0.497 e. The molecule has 0 saturated carbocycles. The van der Waals surface area contributed by atoms with Crippen LogP contribution in [0.4, 0.5) is 17.1 Å². The highest BCUT2D eigenvalue weighted by Gasteiger charge is 2.19. The molecule has 1 aliphatic rings. The lowest BCUT2D eigenvalue weighted by atomic mass is 10.2. The van der Waals surface area contributed by atoms with Gasteiger partial charge >= 0.3 is 0 Å². The maximum atomic E-state index is 6.37. The van der Waals surface area contributed by atoms with E-state index in [9.17, 15) is 0 Å². The number of benzene rings is 3. The molecular weight excluding hydrogens is 482 g/mol. The van der Waals surface area contributed by atoms with Crippen LogP contribution in [0.1, 0.15) is 11.1 Å². The molecule has 194 valence electrons. The van der Waals surface area contributed by atoms with Crippen molar-refractivity contribution in [2.45, 2.75) is 13.5 Å². The van der Waals surface area contributed by atoms with Crippen molar-refractivity contribution in [2.75, 3.05) is 55.4 Å². The number of ether oxygens (including phenoxy) is 1. The minimum Gasteiger partial charge on any atom is -0.497 e. The van der Waals surface area contributed by atoms with Crippen molar-refractivity contribution in [1.29, 1.82) is 0 Å². The van der Waals surface area contributed by atoms with Crippen molar-refractivity contribution in [3.63, 3.8) is 0 Å². The lowest BCUT2D eigenvalue weighted by Crippen LogP contribution is -2.46. The summed E-state index contributed by atoms with van der Waals surface area (Å²) < 4.78 is 5.21. The number of halogens is 1. The quantitative estimate of drug-likeness (QED) is 0.287. The third-order valence-electron chi connectivity index (χ3n) is 6.53. The van der Waals surface area contributed by atoms with Crippen molar-refractivity contribution in [3.05, 3.63) is 108 Å². The number of hydrogen-bond acceptors (Lipinski definition) is 6. The molecule has 3 aromatic rings. The van der Waals surface area contributed by atoms with E-state index in [1.165, 1.54) is 11.3 Å². The van der Waals surface area contributed by atoms with Gasteiger partial charge in [-0.1, -0.05) is 49.0 Å². The Morgan fingerprint density at radius 3 is 2.27 bits per heavy atom. The summed E-state index contributed by atoms with van der Waals surface area (Å²) >= 11 is 6.37. The van der Waals surface area contributed by atoms with E-state index in [1.54, 1.807) is 7.11 Å². The third kappa shape index (κ3) is 7.21. The molecule has 0 radical (unpaired) electrons. The average molecular weight is 518 g/mol. The van der Waals surface area contributed by atoms with E-state index in [0.29, 0.717) is 11.6 Å². The Bertz CT molecular complexity index is 1180. The lowest BCUT2D eigenvalue weighted by molar-refractivity contribution is 0.326. The zero-order valence-corrected chi connectivity index (χ0v) is 22.4. The first-order valence-electron chi connectivity index (χ1n) is 12.5. The highest BCUT2D eigenvalue weighted by atomic mass is 35.5. The zero-order valence-electron chi connectivity index (χ0n) is 21.7. The van der Waals surface area contributed by atoms with Crippen molar-refractivity contribution in [1.82, 2.24) is 10.2 Å². The van der Waals surface area contributed by atoms with Gasteiger partial charge in [-0.2, -0.15) is 0 Å². The van der Waals surface area contributed by atoms with E-state index in [4.69, 9.17) is 16.3 Å². The zero-order chi connectivity index (χ0) is 26.2. The number of nitrogens with zero attached hydrogens (tertiary/aromatic N) is 2. The molecule has 0 unspecified atom stereocenters. The summed E-state index contributed by atoms with van der Waals surface area (Å²) in [4.78, 5) is 4.68. The van der Waals surface area contributed by atoms with Crippen LogP contribution in [-0.4, -0.2) is 44.7 Å². The van der Waals surface area contributed by atoms with Gasteiger partial charge in [0, 0.05) is 56.3 Å². The van der Waals surface area contributed by atoms with Gasteiger partial charge in [-0.25, -0.2) is 0 Å². The topological polar surface area (TPSA) is 51.8 Å². The number of anilines is 3. The van der Waals surface area contributed by atoms with E-state index in [0.717, 1.165) is 66.9 Å². The summed E-state index contributed by atoms with van der Waals surface area (Å²) in [5, 5.41) is 10.9. The van der Waals surface area contributed by atoms with Gasteiger partial charge in [0.05, 0.1) is 23.6 Å². The second-order valence-electron chi connectivity index (χ2n) is 9.20. The van der Waals surface area contributed by atoms with Gasteiger partial charge in [0.2, 0.25) is 0 Å². The maximum Gasteiger partial charge on any atom is 0.118 e. The lowest BCUT2D eigenvalue weighted by Gasteiger charge is -2.38. The van der Waals surface area contributed by atoms with E-state index >= 15 is 0 Å². The minimum absolute atomic E-state index is 0.682. The molecule has 3 N–H and O–H groups in total. The molecule has 0 aromatic heterocycles. The van der Waals surface area contributed by atoms with Gasteiger partial charge in [0.15, 0.2) is 0 Å². The molecule has 7 heteroatoms. The molecule has 1 saturated heterocycles. The monoisotopic (exact) mass is 517 g/mol. The van der Waals surface area contributed by atoms with Crippen LogP contribution in [0.15, 0.2) is 91.4 Å². The van der Waals surface area contributed by atoms with Gasteiger partial charge in [0.1, 0.15) is 5.75 Å². The van der Waals surface area contributed by atoms with Gasteiger partial charge in [-0.05, 0) is 60.5 Å². The predicted octanol–water partition coefficient (Wildman–Crippen LogP) is 6.08. The molecule has 0 amide bonds. The highest BCUT2D eigenvalue weighted by molar-refractivity contribution is 6.33. The summed E-state index contributed by atoms with van der Waals surface area (Å²) in [7, 11) is 1.68. The van der Waals surface area contributed by atoms with Crippen LogP contribution in [0.3, 0.4) is 0 Å². The average Bonchev–Trinajstić information content (AvgIpc) is 2.91. The summed E-state index contributed by atoms with van der Waals surface area (Å²) in [6.45, 7) is 15.6. The molecular formula is C30H36ClN5O. The summed E-state index contributed by atoms with van der Waals surface area (Å²) in [5.74, 6) is 1.75. The number of piperazine rings is 1. The molecule has 6 nitrogen and oxygen atoms in total. The van der Waals surface area contributed by atoms with E-state index in [2.05, 4.69) is 75.3 Å². The first-order chi connectivity index (χ1) is 17.9. The summed E-state index contributed by atoms with van der Waals surface area (Å²) in [6.07, 6.45) is 0. The van der Waals surface area contributed by atoms with Crippen LogP contribution >= 0.6 is 11.6 Å². The standard InChI is InChI=1S/C30H36ClN5O/c1-22-6-5-7-29(31)30(22)34-24(3)35-16-18-36(19-17-35)27-12-10-26(11-13-27)33-23(2)20-32-21-25-8-14-28(37-4)15-9-25/h5-15,32-34H,2-3,16-21H2,1,4H3. The molecule has 0 aliphatic carbocycles.